The summed E-state index contributed by atoms with van der Waals surface area (Å²) in [6.45, 7) is 5.88. The monoisotopic (exact) mass is 266 g/mol. The second-order valence-electron chi connectivity index (χ2n) is 3.56. The van der Waals surface area contributed by atoms with Gasteiger partial charge in [0, 0.05) is 4.90 Å². The largest absolute Gasteiger partial charge is 0.497 e. The third-order valence-corrected chi connectivity index (χ3v) is 3.48. The first-order valence-electron chi connectivity index (χ1n) is 5.79. The van der Waals surface area contributed by atoms with Gasteiger partial charge in [0.15, 0.2) is 0 Å². The zero-order valence-corrected chi connectivity index (χ0v) is 11.5. The summed E-state index contributed by atoms with van der Waals surface area (Å²) < 4.78 is 10.1. The third-order valence-electron chi connectivity index (χ3n) is 2.27. The Hall–Kier alpha value is -1.42. The van der Waals surface area contributed by atoms with Crippen LogP contribution in [0.25, 0.3) is 0 Å². The molecule has 0 radical (unpaired) electrons. The molecule has 0 N–H and O–H groups in total. The third kappa shape index (κ3) is 4.45. The molecule has 0 aliphatic heterocycles. The lowest BCUT2D eigenvalue weighted by Crippen LogP contribution is -2.19. The lowest BCUT2D eigenvalue weighted by atomic mass is 10.3. The highest BCUT2D eigenvalue weighted by atomic mass is 32.2. The van der Waals surface area contributed by atoms with Crippen molar-refractivity contribution >= 4 is 17.7 Å². The molecule has 0 aliphatic carbocycles. The van der Waals surface area contributed by atoms with Crippen molar-refractivity contribution in [2.45, 2.75) is 23.5 Å². The minimum absolute atomic E-state index is 0.196. The van der Waals surface area contributed by atoms with Crippen molar-refractivity contribution in [1.29, 1.82) is 0 Å². The van der Waals surface area contributed by atoms with Crippen molar-refractivity contribution in [2.24, 2.45) is 0 Å². The summed E-state index contributed by atoms with van der Waals surface area (Å²) in [6, 6.07) is 7.61. The highest BCUT2D eigenvalue weighted by Gasteiger charge is 2.19. The van der Waals surface area contributed by atoms with Crippen LogP contribution in [0.5, 0.6) is 5.75 Å². The van der Waals surface area contributed by atoms with Gasteiger partial charge in [0.25, 0.3) is 0 Å². The molecule has 0 amide bonds. The summed E-state index contributed by atoms with van der Waals surface area (Å²) in [7, 11) is 1.63. The lowest BCUT2D eigenvalue weighted by molar-refractivity contribution is -0.142. The molecule has 1 aromatic rings. The van der Waals surface area contributed by atoms with Gasteiger partial charge in [0.1, 0.15) is 11.0 Å². The van der Waals surface area contributed by atoms with Gasteiger partial charge in [-0.05, 0) is 37.6 Å². The molecule has 0 saturated heterocycles. The number of carbonyl (C=O) groups excluding carboxylic acids is 1. The first-order chi connectivity index (χ1) is 8.71. The molecule has 1 aromatic carbocycles. The smallest absolute Gasteiger partial charge is 0.319 e. The number of rotatable bonds is 7. The van der Waals surface area contributed by atoms with Gasteiger partial charge < -0.3 is 9.47 Å². The molecule has 0 aromatic heterocycles. The van der Waals surface area contributed by atoms with Crippen LogP contribution in [0.4, 0.5) is 0 Å². The molecule has 98 valence electrons. The van der Waals surface area contributed by atoms with Gasteiger partial charge in [0.2, 0.25) is 0 Å². The van der Waals surface area contributed by atoms with Crippen LogP contribution >= 0.6 is 11.8 Å². The van der Waals surface area contributed by atoms with E-state index < -0.39 is 0 Å². The van der Waals surface area contributed by atoms with Crippen LogP contribution in [0.3, 0.4) is 0 Å². The molecule has 4 heteroatoms. The highest BCUT2D eigenvalue weighted by Crippen LogP contribution is 2.28. The summed E-state index contributed by atoms with van der Waals surface area (Å²) in [6.07, 6.45) is 2.33. The Morgan fingerprint density at radius 3 is 2.61 bits per heavy atom. The number of hydrogen-bond donors (Lipinski definition) is 0. The zero-order valence-electron chi connectivity index (χ0n) is 10.7. The molecule has 3 nitrogen and oxygen atoms in total. The van der Waals surface area contributed by atoms with Crippen LogP contribution in [0.1, 0.15) is 13.3 Å². The van der Waals surface area contributed by atoms with Gasteiger partial charge in [-0.2, -0.15) is 0 Å². The average molecular weight is 266 g/mol. The number of benzene rings is 1. The molecule has 0 aliphatic rings. The molecular formula is C14H18O3S. The topological polar surface area (TPSA) is 35.5 Å². The maximum absolute atomic E-state index is 11.7. The van der Waals surface area contributed by atoms with Gasteiger partial charge >= 0.3 is 5.97 Å². The van der Waals surface area contributed by atoms with Crippen LogP contribution in [0.15, 0.2) is 41.8 Å². The number of esters is 1. The van der Waals surface area contributed by atoms with Gasteiger partial charge in [-0.3, -0.25) is 4.79 Å². The average Bonchev–Trinajstić information content (AvgIpc) is 2.39. The SMILES string of the molecule is C=CCC(Sc1ccc(OC)cc1)C(=O)OCC. The fraction of sp³-hybridized carbons (Fsp3) is 0.357. The maximum Gasteiger partial charge on any atom is 0.319 e. The molecule has 0 heterocycles. The summed E-state index contributed by atoms with van der Waals surface area (Å²) in [5, 5.41) is -0.240. The van der Waals surface area contributed by atoms with Crippen molar-refractivity contribution in [1.82, 2.24) is 0 Å². The van der Waals surface area contributed by atoms with E-state index in [9.17, 15) is 4.79 Å². The minimum Gasteiger partial charge on any atom is -0.497 e. The zero-order chi connectivity index (χ0) is 13.4. The molecule has 1 atom stereocenters. The predicted octanol–water partition coefficient (Wildman–Crippen LogP) is 3.30. The summed E-state index contributed by atoms with van der Waals surface area (Å²) in [5.41, 5.74) is 0. The molecule has 1 rings (SSSR count). The van der Waals surface area contributed by atoms with Gasteiger partial charge in [-0.25, -0.2) is 0 Å². The van der Waals surface area contributed by atoms with E-state index in [1.807, 2.05) is 24.3 Å². The van der Waals surface area contributed by atoms with Crippen molar-refractivity contribution in [3.05, 3.63) is 36.9 Å². The summed E-state index contributed by atoms with van der Waals surface area (Å²) >= 11 is 1.48. The van der Waals surface area contributed by atoms with Crippen LogP contribution in [0, 0.1) is 0 Å². The second-order valence-corrected chi connectivity index (χ2v) is 4.83. The normalized spacial score (nSPS) is 11.7. The van der Waals surface area contributed by atoms with E-state index in [-0.39, 0.29) is 11.2 Å². The molecular weight excluding hydrogens is 248 g/mol. The quantitative estimate of drug-likeness (QED) is 0.431. The van der Waals surface area contributed by atoms with E-state index in [1.54, 1.807) is 20.1 Å². The molecule has 0 bridgehead atoms. The van der Waals surface area contributed by atoms with E-state index >= 15 is 0 Å². The van der Waals surface area contributed by atoms with E-state index in [0.29, 0.717) is 13.0 Å². The Labute approximate surface area is 112 Å². The van der Waals surface area contributed by atoms with Crippen LogP contribution in [0.2, 0.25) is 0 Å². The van der Waals surface area contributed by atoms with Crippen molar-refractivity contribution in [3.8, 4) is 5.75 Å². The standard InChI is InChI=1S/C14H18O3S/c1-4-6-13(14(15)17-5-2)18-12-9-7-11(16-3)8-10-12/h4,7-10,13H,1,5-6H2,2-3H3. The van der Waals surface area contributed by atoms with Crippen LogP contribution in [-0.2, 0) is 9.53 Å². The Kier molecular flexibility index (Phi) is 6.36. The van der Waals surface area contributed by atoms with Crippen molar-refractivity contribution in [2.75, 3.05) is 13.7 Å². The Morgan fingerprint density at radius 2 is 2.11 bits per heavy atom. The summed E-state index contributed by atoms with van der Waals surface area (Å²) in [5.74, 6) is 0.606. The lowest BCUT2D eigenvalue weighted by Gasteiger charge is -2.13. The number of hydrogen-bond acceptors (Lipinski definition) is 4. The number of ether oxygens (including phenoxy) is 2. The number of allylic oxidation sites excluding steroid dienone is 1. The number of methoxy groups -OCH3 is 1. The molecule has 0 saturated carbocycles. The molecule has 0 spiro atoms. The highest BCUT2D eigenvalue weighted by molar-refractivity contribution is 8.00. The van der Waals surface area contributed by atoms with Crippen LogP contribution < -0.4 is 4.74 Å². The molecule has 1 unspecified atom stereocenters. The number of carbonyl (C=O) groups is 1. The van der Waals surface area contributed by atoms with Crippen molar-refractivity contribution in [3.63, 3.8) is 0 Å². The Morgan fingerprint density at radius 1 is 1.44 bits per heavy atom. The first-order valence-corrected chi connectivity index (χ1v) is 6.67. The Balaban J connectivity index is 2.69. The van der Waals surface area contributed by atoms with E-state index in [1.165, 1.54) is 11.8 Å². The number of thioether (sulfide) groups is 1. The minimum atomic E-state index is -0.240. The van der Waals surface area contributed by atoms with Crippen LogP contribution in [-0.4, -0.2) is 24.9 Å². The predicted molar refractivity (Wildman–Crippen MR) is 74.1 cm³/mol. The molecule has 18 heavy (non-hydrogen) atoms. The van der Waals surface area contributed by atoms with Gasteiger partial charge in [-0.1, -0.05) is 6.08 Å². The van der Waals surface area contributed by atoms with E-state index in [4.69, 9.17) is 9.47 Å². The second kappa shape index (κ2) is 7.82. The molecule has 0 fully saturated rings. The maximum atomic E-state index is 11.7. The summed E-state index contributed by atoms with van der Waals surface area (Å²) in [4.78, 5) is 12.8. The van der Waals surface area contributed by atoms with Gasteiger partial charge in [0.05, 0.1) is 13.7 Å². The van der Waals surface area contributed by atoms with E-state index in [0.717, 1.165) is 10.6 Å². The van der Waals surface area contributed by atoms with Crippen molar-refractivity contribution < 1.29 is 14.3 Å². The van der Waals surface area contributed by atoms with Gasteiger partial charge in [-0.15, -0.1) is 18.3 Å². The Bertz CT molecular complexity index is 387. The first kappa shape index (κ1) is 14.6. The fourth-order valence-corrected chi connectivity index (χ4v) is 2.42. The fourth-order valence-electron chi connectivity index (χ4n) is 1.40. The van der Waals surface area contributed by atoms with E-state index in [2.05, 4.69) is 6.58 Å².